The van der Waals surface area contributed by atoms with E-state index in [0.717, 1.165) is 35.8 Å². The molecule has 3 aromatic rings. The van der Waals surface area contributed by atoms with E-state index in [0.29, 0.717) is 19.2 Å². The number of hydrogen-bond acceptors (Lipinski definition) is 5. The zero-order valence-corrected chi connectivity index (χ0v) is 17.2. The van der Waals surface area contributed by atoms with Crippen LogP contribution in [0.1, 0.15) is 23.4 Å². The molecule has 1 N–H and O–H groups in total. The van der Waals surface area contributed by atoms with E-state index in [1.54, 1.807) is 19.5 Å². The number of pyridine rings is 1. The maximum Gasteiger partial charge on any atom is 0.203 e. The van der Waals surface area contributed by atoms with Gasteiger partial charge in [0, 0.05) is 41.9 Å². The first kappa shape index (κ1) is 18.5. The molecule has 1 aliphatic rings. The van der Waals surface area contributed by atoms with Crippen molar-refractivity contribution >= 4 is 23.6 Å². The Morgan fingerprint density at radius 1 is 1.33 bits per heavy atom. The number of nitrogens with zero attached hydrogens (tertiary/aromatic N) is 4. The third kappa shape index (κ3) is 3.62. The predicted molar refractivity (Wildman–Crippen MR) is 108 cm³/mol. The minimum Gasteiger partial charge on any atom is -0.383 e. The minimum atomic E-state index is 0.454. The predicted octanol–water partition coefficient (Wildman–Crippen LogP) is 2.34. The van der Waals surface area contributed by atoms with E-state index in [9.17, 15) is 0 Å². The van der Waals surface area contributed by atoms with Gasteiger partial charge in [-0.1, -0.05) is 0 Å². The van der Waals surface area contributed by atoms with Crippen molar-refractivity contribution in [1.82, 2.24) is 19.3 Å². The summed E-state index contributed by atoms with van der Waals surface area (Å²) < 4.78 is 10.1. The molecular weight excluding hydrogens is 378 g/mol. The van der Waals surface area contributed by atoms with Crippen LogP contribution in [0.3, 0.4) is 0 Å². The van der Waals surface area contributed by atoms with E-state index >= 15 is 0 Å². The second kappa shape index (κ2) is 8.02. The molecule has 142 valence electrons. The van der Waals surface area contributed by atoms with Crippen molar-refractivity contribution in [2.45, 2.75) is 32.6 Å². The van der Waals surface area contributed by atoms with Gasteiger partial charge < -0.3 is 9.64 Å². The lowest BCUT2D eigenvalue weighted by molar-refractivity contribution is -0.954. The Kier molecular flexibility index (Phi) is 5.49. The van der Waals surface area contributed by atoms with E-state index in [1.807, 2.05) is 28.2 Å². The van der Waals surface area contributed by atoms with Crippen molar-refractivity contribution in [3.63, 3.8) is 0 Å². The molecule has 0 aromatic carbocycles. The lowest BCUT2D eigenvalue weighted by Gasteiger charge is -2.30. The van der Waals surface area contributed by atoms with Gasteiger partial charge in [0.05, 0.1) is 19.7 Å². The molecule has 4 rings (SSSR count). The highest BCUT2D eigenvalue weighted by atomic mass is 32.1. The minimum absolute atomic E-state index is 0.454. The van der Waals surface area contributed by atoms with Crippen LogP contribution in [0, 0.1) is 4.77 Å². The number of quaternary nitrogens is 1. The van der Waals surface area contributed by atoms with Gasteiger partial charge in [0.2, 0.25) is 4.77 Å². The number of ether oxygens (including phenoxy) is 1. The van der Waals surface area contributed by atoms with Crippen LogP contribution >= 0.6 is 23.6 Å². The fourth-order valence-electron chi connectivity index (χ4n) is 3.70. The Labute approximate surface area is 168 Å². The molecule has 1 unspecified atom stereocenters. The second-order valence-electron chi connectivity index (χ2n) is 6.82. The quantitative estimate of drug-likeness (QED) is 0.643. The summed E-state index contributed by atoms with van der Waals surface area (Å²) in [5.41, 5.74) is 2.49. The fraction of sp³-hybridized carbons (Fsp3) is 0.421. The van der Waals surface area contributed by atoms with Crippen molar-refractivity contribution in [3.05, 3.63) is 51.2 Å². The summed E-state index contributed by atoms with van der Waals surface area (Å²) in [5, 5.41) is 7.08. The molecule has 6 nitrogen and oxygen atoms in total. The van der Waals surface area contributed by atoms with Crippen molar-refractivity contribution in [2.75, 3.05) is 20.3 Å². The molecule has 0 fully saturated rings. The second-order valence-corrected chi connectivity index (χ2v) is 8.19. The average molecular weight is 403 g/mol. The van der Waals surface area contributed by atoms with Crippen LogP contribution in [-0.2, 0) is 24.4 Å². The van der Waals surface area contributed by atoms with Gasteiger partial charge in [-0.15, -0.1) is 16.4 Å². The summed E-state index contributed by atoms with van der Waals surface area (Å²) >= 11 is 7.65. The number of rotatable bonds is 6. The molecule has 4 heterocycles. The van der Waals surface area contributed by atoms with Gasteiger partial charge in [-0.25, -0.2) is 0 Å². The highest BCUT2D eigenvalue weighted by Crippen LogP contribution is 2.25. The Bertz CT molecular complexity index is 962. The molecule has 3 aromatic heterocycles. The van der Waals surface area contributed by atoms with E-state index in [1.165, 1.54) is 15.3 Å². The SMILES string of the molecule is COCCn1c(-c2ccncc2)nn(C[NH+]2CCc3sccc3[C@@H]2C)c1=S. The summed E-state index contributed by atoms with van der Waals surface area (Å²) in [4.78, 5) is 7.13. The number of aromatic nitrogens is 4. The fourth-order valence-corrected chi connectivity index (χ4v) is 4.96. The Balaban J connectivity index is 1.65. The highest BCUT2D eigenvalue weighted by Gasteiger charge is 2.29. The van der Waals surface area contributed by atoms with E-state index < -0.39 is 0 Å². The monoisotopic (exact) mass is 402 g/mol. The van der Waals surface area contributed by atoms with Crippen molar-refractivity contribution in [1.29, 1.82) is 0 Å². The zero-order valence-electron chi connectivity index (χ0n) is 15.6. The number of methoxy groups -OCH3 is 1. The van der Waals surface area contributed by atoms with Crippen LogP contribution in [0.5, 0.6) is 0 Å². The van der Waals surface area contributed by atoms with Crippen LogP contribution < -0.4 is 4.90 Å². The lowest BCUT2D eigenvalue weighted by atomic mass is 10.0. The third-order valence-electron chi connectivity index (χ3n) is 5.27. The number of nitrogens with one attached hydrogen (secondary N) is 1. The first-order valence-corrected chi connectivity index (χ1v) is 10.5. The summed E-state index contributed by atoms with van der Waals surface area (Å²) in [6.07, 6.45) is 4.70. The number of hydrogen-bond donors (Lipinski definition) is 1. The molecule has 0 aliphatic carbocycles. The molecule has 0 radical (unpaired) electrons. The Morgan fingerprint density at radius 3 is 2.93 bits per heavy atom. The van der Waals surface area contributed by atoms with E-state index in [-0.39, 0.29) is 0 Å². The molecule has 0 saturated carbocycles. The topological polar surface area (TPSA) is 49.3 Å². The van der Waals surface area contributed by atoms with Gasteiger partial charge >= 0.3 is 0 Å². The number of thiophene rings is 1. The van der Waals surface area contributed by atoms with Crippen molar-refractivity contribution in [2.24, 2.45) is 0 Å². The lowest BCUT2D eigenvalue weighted by Crippen LogP contribution is -3.12. The first-order chi connectivity index (χ1) is 13.2. The van der Waals surface area contributed by atoms with Crippen LogP contribution in [0.25, 0.3) is 11.4 Å². The molecule has 8 heteroatoms. The largest absolute Gasteiger partial charge is 0.383 e. The maximum atomic E-state index is 5.78. The van der Waals surface area contributed by atoms with Crippen molar-refractivity contribution < 1.29 is 9.64 Å². The van der Waals surface area contributed by atoms with Crippen molar-refractivity contribution in [3.8, 4) is 11.4 Å². The van der Waals surface area contributed by atoms with E-state index in [4.69, 9.17) is 22.1 Å². The van der Waals surface area contributed by atoms with Gasteiger partial charge in [-0.2, -0.15) is 4.68 Å². The maximum absolute atomic E-state index is 5.78. The smallest absolute Gasteiger partial charge is 0.203 e. The Morgan fingerprint density at radius 2 is 2.15 bits per heavy atom. The summed E-state index contributed by atoms with van der Waals surface area (Å²) in [6, 6.07) is 6.66. The van der Waals surface area contributed by atoms with Gasteiger partial charge in [-0.3, -0.25) is 9.55 Å². The molecule has 2 atom stereocenters. The van der Waals surface area contributed by atoms with Crippen LogP contribution in [0.2, 0.25) is 0 Å². The molecular formula is C19H24N5OS2+. The van der Waals surface area contributed by atoms with Crippen LogP contribution in [0.15, 0.2) is 36.0 Å². The van der Waals surface area contributed by atoms with Gasteiger partial charge in [0.15, 0.2) is 12.5 Å². The standard InChI is InChI=1S/C19H23N5OS2/c1-14-16-6-12-27-17(16)5-9-22(14)13-24-19(26)23(10-11-25-2)18(21-24)15-3-7-20-8-4-15/h3-4,6-8,12,14H,5,9-11,13H2,1-2H3/p+1/t14-/m0/s1. The molecule has 0 bridgehead atoms. The summed E-state index contributed by atoms with van der Waals surface area (Å²) in [5.74, 6) is 0.875. The normalized spacial score (nSPS) is 19.2. The van der Waals surface area contributed by atoms with Gasteiger partial charge in [0.25, 0.3) is 0 Å². The highest BCUT2D eigenvalue weighted by molar-refractivity contribution is 7.71. The van der Waals surface area contributed by atoms with Gasteiger partial charge in [0.1, 0.15) is 6.04 Å². The molecule has 1 aliphatic heterocycles. The molecule has 0 amide bonds. The number of fused-ring (bicyclic) bond motifs is 1. The summed E-state index contributed by atoms with van der Waals surface area (Å²) in [7, 11) is 1.71. The Hall–Kier alpha value is -1.87. The molecule has 0 saturated heterocycles. The van der Waals surface area contributed by atoms with Crippen LogP contribution in [-0.4, -0.2) is 39.6 Å². The zero-order chi connectivity index (χ0) is 18.8. The third-order valence-corrected chi connectivity index (χ3v) is 6.69. The summed E-state index contributed by atoms with van der Waals surface area (Å²) in [6.45, 7) is 5.46. The van der Waals surface area contributed by atoms with E-state index in [2.05, 4.69) is 27.9 Å². The average Bonchev–Trinajstić information content (AvgIpc) is 3.29. The molecule has 0 spiro atoms. The van der Waals surface area contributed by atoms with Crippen LogP contribution in [0.4, 0.5) is 0 Å². The van der Waals surface area contributed by atoms with Gasteiger partial charge in [-0.05, 0) is 42.7 Å². The molecule has 27 heavy (non-hydrogen) atoms. The first-order valence-electron chi connectivity index (χ1n) is 9.17.